The van der Waals surface area contributed by atoms with Crippen molar-refractivity contribution in [3.63, 3.8) is 0 Å². The van der Waals surface area contributed by atoms with Crippen LogP contribution in [0.25, 0.3) is 0 Å². The number of thioether (sulfide) groups is 1. The molecule has 0 bridgehead atoms. The van der Waals surface area contributed by atoms with E-state index in [9.17, 15) is 4.79 Å². The normalized spacial score (nSPS) is 12.2. The molecule has 0 spiro atoms. The second-order valence-corrected chi connectivity index (χ2v) is 6.96. The molecule has 0 saturated heterocycles. The first-order chi connectivity index (χ1) is 11.3. The van der Waals surface area contributed by atoms with E-state index in [4.69, 9.17) is 0 Å². The van der Waals surface area contributed by atoms with Gasteiger partial charge in [0.05, 0.1) is 17.0 Å². The zero-order valence-electron chi connectivity index (χ0n) is 15.2. The monoisotopic (exact) mass is 347 g/mol. The van der Waals surface area contributed by atoms with Crippen molar-refractivity contribution in [2.45, 2.75) is 46.2 Å². The minimum atomic E-state index is -0.114. The SMILES string of the molecule is CSc1nc(C)nc(C)c1C(=O)NC[C@@H](C)Cn1nc(C)cc1C. The summed E-state index contributed by atoms with van der Waals surface area (Å²) in [5.74, 6) is 0.847. The van der Waals surface area contributed by atoms with Crippen LogP contribution in [0.3, 0.4) is 0 Å². The molecule has 24 heavy (non-hydrogen) atoms. The third-order valence-electron chi connectivity index (χ3n) is 3.79. The van der Waals surface area contributed by atoms with Crippen LogP contribution in [-0.4, -0.2) is 38.5 Å². The quantitative estimate of drug-likeness (QED) is 0.642. The Morgan fingerprint density at radius 3 is 2.58 bits per heavy atom. The lowest BCUT2D eigenvalue weighted by Crippen LogP contribution is -2.31. The van der Waals surface area contributed by atoms with E-state index in [-0.39, 0.29) is 11.8 Å². The Morgan fingerprint density at radius 1 is 1.29 bits per heavy atom. The van der Waals surface area contributed by atoms with Crippen LogP contribution in [0.4, 0.5) is 0 Å². The third-order valence-corrected chi connectivity index (χ3v) is 4.47. The molecule has 0 radical (unpaired) electrons. The van der Waals surface area contributed by atoms with Crippen molar-refractivity contribution >= 4 is 17.7 Å². The zero-order valence-corrected chi connectivity index (χ0v) is 16.0. The van der Waals surface area contributed by atoms with Gasteiger partial charge in [-0.25, -0.2) is 9.97 Å². The highest BCUT2D eigenvalue weighted by Gasteiger charge is 2.18. The minimum Gasteiger partial charge on any atom is -0.352 e. The van der Waals surface area contributed by atoms with E-state index in [1.165, 1.54) is 11.8 Å². The van der Waals surface area contributed by atoms with Gasteiger partial charge in [-0.2, -0.15) is 5.10 Å². The molecule has 1 atom stereocenters. The lowest BCUT2D eigenvalue weighted by molar-refractivity contribution is 0.0941. The molecule has 0 unspecified atom stereocenters. The predicted molar refractivity (Wildman–Crippen MR) is 96.5 cm³/mol. The number of hydrogen-bond acceptors (Lipinski definition) is 5. The first-order valence-corrected chi connectivity index (χ1v) is 9.22. The van der Waals surface area contributed by atoms with Crippen LogP contribution in [-0.2, 0) is 6.54 Å². The van der Waals surface area contributed by atoms with Gasteiger partial charge in [-0.1, -0.05) is 6.92 Å². The number of carbonyl (C=O) groups is 1. The van der Waals surface area contributed by atoms with E-state index in [0.29, 0.717) is 17.9 Å². The number of aromatic nitrogens is 4. The smallest absolute Gasteiger partial charge is 0.255 e. The van der Waals surface area contributed by atoms with Gasteiger partial charge in [0.2, 0.25) is 0 Å². The van der Waals surface area contributed by atoms with Crippen molar-refractivity contribution in [3.05, 3.63) is 34.5 Å². The van der Waals surface area contributed by atoms with E-state index in [1.54, 1.807) is 0 Å². The fourth-order valence-electron chi connectivity index (χ4n) is 2.67. The van der Waals surface area contributed by atoms with Gasteiger partial charge >= 0.3 is 0 Å². The fourth-order valence-corrected chi connectivity index (χ4v) is 3.33. The maximum atomic E-state index is 12.6. The van der Waals surface area contributed by atoms with E-state index < -0.39 is 0 Å². The van der Waals surface area contributed by atoms with Gasteiger partial charge in [0, 0.05) is 18.8 Å². The molecule has 0 aliphatic rings. The van der Waals surface area contributed by atoms with E-state index in [0.717, 1.165) is 28.7 Å². The molecule has 130 valence electrons. The maximum Gasteiger partial charge on any atom is 0.255 e. The molecule has 6 nitrogen and oxygen atoms in total. The van der Waals surface area contributed by atoms with Crippen LogP contribution >= 0.6 is 11.8 Å². The Kier molecular flexibility index (Phi) is 5.99. The van der Waals surface area contributed by atoms with Crippen molar-refractivity contribution in [1.29, 1.82) is 0 Å². The number of hydrogen-bond donors (Lipinski definition) is 1. The lowest BCUT2D eigenvalue weighted by Gasteiger charge is -2.15. The molecule has 7 heteroatoms. The molecule has 2 aromatic heterocycles. The van der Waals surface area contributed by atoms with Crippen molar-refractivity contribution < 1.29 is 4.79 Å². The highest BCUT2D eigenvalue weighted by atomic mass is 32.2. The van der Waals surface area contributed by atoms with E-state index in [2.05, 4.69) is 33.4 Å². The van der Waals surface area contributed by atoms with Crippen LogP contribution in [0.2, 0.25) is 0 Å². The Balaban J connectivity index is 2.02. The van der Waals surface area contributed by atoms with Crippen molar-refractivity contribution in [2.24, 2.45) is 5.92 Å². The van der Waals surface area contributed by atoms with Crippen LogP contribution in [0.1, 0.15) is 40.2 Å². The Bertz CT molecular complexity index is 741. The number of rotatable bonds is 6. The summed E-state index contributed by atoms with van der Waals surface area (Å²) in [6.07, 6.45) is 1.92. The van der Waals surface area contributed by atoms with Crippen LogP contribution in [0.15, 0.2) is 11.1 Å². The molecule has 0 aromatic carbocycles. The van der Waals surface area contributed by atoms with E-state index in [1.807, 2.05) is 38.6 Å². The summed E-state index contributed by atoms with van der Waals surface area (Å²) >= 11 is 1.47. The van der Waals surface area contributed by atoms with Crippen molar-refractivity contribution in [1.82, 2.24) is 25.1 Å². The standard InChI is InChI=1S/C17H25N5OS/c1-10(9-22-12(3)7-11(2)21-22)8-18-16(23)15-13(4)19-14(5)20-17(15)24-6/h7,10H,8-9H2,1-6H3,(H,18,23)/t10-/m1/s1. The molecule has 2 rings (SSSR count). The van der Waals surface area contributed by atoms with Crippen LogP contribution in [0, 0.1) is 33.6 Å². The summed E-state index contributed by atoms with van der Waals surface area (Å²) in [4.78, 5) is 21.2. The summed E-state index contributed by atoms with van der Waals surface area (Å²) in [5, 5.41) is 8.20. The molecule has 0 aliphatic carbocycles. The lowest BCUT2D eigenvalue weighted by atomic mass is 10.1. The van der Waals surface area contributed by atoms with Gasteiger partial charge in [-0.05, 0) is 45.9 Å². The van der Waals surface area contributed by atoms with Gasteiger partial charge in [-0.15, -0.1) is 11.8 Å². The van der Waals surface area contributed by atoms with Gasteiger partial charge < -0.3 is 5.32 Å². The second-order valence-electron chi connectivity index (χ2n) is 6.16. The second kappa shape index (κ2) is 7.79. The molecule has 0 saturated carbocycles. The number of nitrogens with one attached hydrogen (secondary N) is 1. The minimum absolute atomic E-state index is 0.114. The van der Waals surface area contributed by atoms with Gasteiger partial charge in [-0.3, -0.25) is 9.48 Å². The summed E-state index contributed by atoms with van der Waals surface area (Å²) in [6, 6.07) is 2.06. The molecule has 0 aliphatic heterocycles. The number of nitrogens with zero attached hydrogens (tertiary/aromatic N) is 4. The third kappa shape index (κ3) is 4.35. The van der Waals surface area contributed by atoms with Gasteiger partial charge in [0.1, 0.15) is 10.9 Å². The Labute approximate surface area is 147 Å². The topological polar surface area (TPSA) is 72.7 Å². The van der Waals surface area contributed by atoms with E-state index >= 15 is 0 Å². The molecule has 2 heterocycles. The largest absolute Gasteiger partial charge is 0.352 e. The molecular weight excluding hydrogens is 322 g/mol. The first-order valence-electron chi connectivity index (χ1n) is 8.00. The summed E-state index contributed by atoms with van der Waals surface area (Å²) < 4.78 is 1.99. The molecule has 2 aromatic rings. The molecule has 1 amide bonds. The zero-order chi connectivity index (χ0) is 17.9. The number of carbonyl (C=O) groups excluding carboxylic acids is 1. The molecule has 1 N–H and O–H groups in total. The highest BCUT2D eigenvalue weighted by Crippen LogP contribution is 2.20. The predicted octanol–water partition coefficient (Wildman–Crippen LogP) is 2.69. The summed E-state index contributed by atoms with van der Waals surface area (Å²) in [7, 11) is 0. The van der Waals surface area contributed by atoms with Crippen LogP contribution < -0.4 is 5.32 Å². The van der Waals surface area contributed by atoms with Crippen molar-refractivity contribution in [2.75, 3.05) is 12.8 Å². The Hall–Kier alpha value is -1.89. The fraction of sp³-hybridized carbons (Fsp3) is 0.529. The first kappa shape index (κ1) is 18.4. The maximum absolute atomic E-state index is 12.6. The highest BCUT2D eigenvalue weighted by molar-refractivity contribution is 7.98. The van der Waals surface area contributed by atoms with Crippen molar-refractivity contribution in [3.8, 4) is 0 Å². The molecular formula is C17H25N5OS. The van der Waals surface area contributed by atoms with Gasteiger partial charge in [0.15, 0.2) is 0 Å². The Morgan fingerprint density at radius 2 is 2.00 bits per heavy atom. The average Bonchev–Trinajstić information content (AvgIpc) is 2.81. The van der Waals surface area contributed by atoms with Crippen LogP contribution in [0.5, 0.6) is 0 Å². The molecule has 0 fully saturated rings. The number of aryl methyl sites for hydroxylation is 4. The summed E-state index contributed by atoms with van der Waals surface area (Å²) in [5.41, 5.74) is 3.45. The number of amides is 1. The van der Waals surface area contributed by atoms with Gasteiger partial charge in [0.25, 0.3) is 5.91 Å². The average molecular weight is 347 g/mol. The summed E-state index contributed by atoms with van der Waals surface area (Å²) in [6.45, 7) is 11.2.